The van der Waals surface area contributed by atoms with E-state index in [-0.39, 0.29) is 0 Å². The second-order valence-electron chi connectivity index (χ2n) is 5.05. The molecule has 0 unspecified atom stereocenters. The Labute approximate surface area is 118 Å². The lowest BCUT2D eigenvalue weighted by atomic mass is 10.1. The first-order valence-corrected chi connectivity index (χ1v) is 7.56. The average Bonchev–Trinajstić information content (AvgIpc) is 2.85. The van der Waals surface area contributed by atoms with Crippen LogP contribution in [0.5, 0.6) is 0 Å². The Hall–Kier alpha value is -1.39. The van der Waals surface area contributed by atoms with Crippen LogP contribution in [-0.2, 0) is 19.5 Å². The van der Waals surface area contributed by atoms with Crippen LogP contribution in [0.15, 0.2) is 23.6 Å². The van der Waals surface area contributed by atoms with Gasteiger partial charge in [0.25, 0.3) is 0 Å². The Morgan fingerprint density at radius 3 is 3.16 bits per heavy atom. The van der Waals surface area contributed by atoms with Gasteiger partial charge in [-0.1, -0.05) is 0 Å². The van der Waals surface area contributed by atoms with E-state index < -0.39 is 0 Å². The summed E-state index contributed by atoms with van der Waals surface area (Å²) in [5, 5.41) is 5.41. The van der Waals surface area contributed by atoms with Gasteiger partial charge in [-0.05, 0) is 55.1 Å². The molecule has 3 rings (SSSR count). The number of anilines is 1. The van der Waals surface area contributed by atoms with E-state index in [1.165, 1.54) is 11.1 Å². The first-order valence-electron chi connectivity index (χ1n) is 6.68. The quantitative estimate of drug-likeness (QED) is 0.932. The minimum Gasteiger partial charge on any atom is -0.352 e. The molecule has 0 saturated carbocycles. The fourth-order valence-electron chi connectivity index (χ4n) is 2.63. The van der Waals surface area contributed by atoms with Gasteiger partial charge in [0.05, 0.1) is 0 Å². The van der Waals surface area contributed by atoms with Gasteiger partial charge in [-0.25, -0.2) is 4.98 Å². The number of nitrogens with one attached hydrogen (secondary N) is 1. The first-order chi connectivity index (χ1) is 9.26. The number of hydrogen-bond donors (Lipinski definition) is 1. The van der Waals surface area contributed by atoms with Crippen LogP contribution in [0.1, 0.15) is 21.7 Å². The topological polar surface area (TPSA) is 28.2 Å². The lowest BCUT2D eigenvalue weighted by molar-refractivity contribution is 0.727. The minimum absolute atomic E-state index is 0.897. The van der Waals surface area contributed by atoms with E-state index in [0.29, 0.717) is 0 Å². The number of aryl methyl sites for hydroxylation is 1. The van der Waals surface area contributed by atoms with E-state index in [1.807, 2.05) is 18.4 Å². The summed E-state index contributed by atoms with van der Waals surface area (Å²) in [5.41, 5.74) is 3.87. The molecular weight excluding hydrogens is 254 g/mol. The molecule has 1 aliphatic rings. The molecule has 1 aliphatic heterocycles. The fourth-order valence-corrected chi connectivity index (χ4v) is 3.52. The lowest BCUT2D eigenvalue weighted by Gasteiger charge is -2.28. The molecule has 100 valence electrons. The maximum atomic E-state index is 4.70. The molecule has 3 heterocycles. The van der Waals surface area contributed by atoms with Crippen LogP contribution in [0.25, 0.3) is 0 Å². The number of thiophene rings is 1. The van der Waals surface area contributed by atoms with Crippen molar-refractivity contribution in [3.05, 3.63) is 45.3 Å². The zero-order valence-electron chi connectivity index (χ0n) is 11.4. The second kappa shape index (κ2) is 5.31. The summed E-state index contributed by atoms with van der Waals surface area (Å²) >= 11 is 1.88. The fraction of sp³-hybridized carbons (Fsp3) is 0.400. The molecule has 19 heavy (non-hydrogen) atoms. The van der Waals surface area contributed by atoms with Crippen molar-refractivity contribution in [3.8, 4) is 0 Å². The highest BCUT2D eigenvalue weighted by Gasteiger charge is 2.18. The largest absolute Gasteiger partial charge is 0.352 e. The summed E-state index contributed by atoms with van der Waals surface area (Å²) in [7, 11) is 1.98. The Balaban J connectivity index is 1.87. The highest BCUT2D eigenvalue weighted by atomic mass is 32.1. The van der Waals surface area contributed by atoms with E-state index in [0.717, 1.165) is 37.6 Å². The molecule has 1 N–H and O–H groups in total. The van der Waals surface area contributed by atoms with Gasteiger partial charge in [-0.15, -0.1) is 11.3 Å². The number of pyridine rings is 1. The third-order valence-corrected chi connectivity index (χ3v) is 4.54. The number of aromatic nitrogens is 1. The summed E-state index contributed by atoms with van der Waals surface area (Å²) in [4.78, 5) is 8.63. The molecule has 0 bridgehead atoms. The SMILES string of the molecule is CNCc1cc(C)nc(N2CCc3sccc3C2)c1. The van der Waals surface area contributed by atoms with E-state index in [9.17, 15) is 0 Å². The molecular formula is C15H19N3S. The Kier molecular flexibility index (Phi) is 3.53. The maximum Gasteiger partial charge on any atom is 0.129 e. The van der Waals surface area contributed by atoms with E-state index >= 15 is 0 Å². The van der Waals surface area contributed by atoms with Gasteiger partial charge >= 0.3 is 0 Å². The monoisotopic (exact) mass is 273 g/mol. The van der Waals surface area contributed by atoms with Gasteiger partial charge in [0.2, 0.25) is 0 Å². The molecule has 2 aromatic rings. The van der Waals surface area contributed by atoms with Crippen molar-refractivity contribution in [2.75, 3.05) is 18.5 Å². The van der Waals surface area contributed by atoms with Crippen LogP contribution in [0.3, 0.4) is 0 Å². The summed E-state index contributed by atoms with van der Waals surface area (Å²) in [6, 6.07) is 6.61. The molecule has 0 atom stereocenters. The predicted octanol–water partition coefficient (Wildman–Crippen LogP) is 2.73. The third kappa shape index (κ3) is 2.65. The molecule has 0 spiro atoms. The molecule has 0 aliphatic carbocycles. The second-order valence-corrected chi connectivity index (χ2v) is 6.05. The van der Waals surface area contributed by atoms with Gasteiger partial charge in [0, 0.05) is 30.2 Å². The summed E-state index contributed by atoms with van der Waals surface area (Å²) < 4.78 is 0. The highest BCUT2D eigenvalue weighted by molar-refractivity contribution is 7.10. The van der Waals surface area contributed by atoms with Crippen LogP contribution in [0, 0.1) is 6.92 Å². The normalized spacial score (nSPS) is 14.5. The van der Waals surface area contributed by atoms with Gasteiger partial charge in [-0.3, -0.25) is 0 Å². The number of nitrogens with zero attached hydrogens (tertiary/aromatic N) is 2. The van der Waals surface area contributed by atoms with Crippen molar-refractivity contribution in [1.82, 2.24) is 10.3 Å². The number of fused-ring (bicyclic) bond motifs is 1. The van der Waals surface area contributed by atoms with Crippen LogP contribution < -0.4 is 10.2 Å². The molecule has 0 amide bonds. The first kappa shape index (κ1) is 12.6. The highest BCUT2D eigenvalue weighted by Crippen LogP contribution is 2.27. The Morgan fingerprint density at radius 2 is 2.32 bits per heavy atom. The van der Waals surface area contributed by atoms with Crippen molar-refractivity contribution < 1.29 is 0 Å². The molecule has 2 aromatic heterocycles. The number of hydrogen-bond acceptors (Lipinski definition) is 4. The average molecular weight is 273 g/mol. The molecule has 0 saturated heterocycles. The molecule has 0 fully saturated rings. The van der Waals surface area contributed by atoms with E-state index in [2.05, 4.69) is 40.7 Å². The summed E-state index contributed by atoms with van der Waals surface area (Å²) in [6.45, 7) is 5.04. The van der Waals surface area contributed by atoms with Gasteiger partial charge < -0.3 is 10.2 Å². The van der Waals surface area contributed by atoms with Gasteiger partial charge in [0.1, 0.15) is 5.82 Å². The van der Waals surface area contributed by atoms with Crippen LogP contribution >= 0.6 is 11.3 Å². The van der Waals surface area contributed by atoms with E-state index in [4.69, 9.17) is 4.98 Å². The minimum atomic E-state index is 0.897. The summed E-state index contributed by atoms with van der Waals surface area (Å²) in [6.07, 6.45) is 1.14. The number of rotatable bonds is 3. The van der Waals surface area contributed by atoms with Crippen molar-refractivity contribution in [1.29, 1.82) is 0 Å². The zero-order chi connectivity index (χ0) is 13.2. The van der Waals surface area contributed by atoms with Gasteiger partial charge in [0.15, 0.2) is 0 Å². The third-order valence-electron chi connectivity index (χ3n) is 3.51. The van der Waals surface area contributed by atoms with Crippen molar-refractivity contribution in [2.45, 2.75) is 26.4 Å². The summed E-state index contributed by atoms with van der Waals surface area (Å²) in [5.74, 6) is 1.11. The Morgan fingerprint density at radius 1 is 1.42 bits per heavy atom. The van der Waals surface area contributed by atoms with Crippen LogP contribution in [-0.4, -0.2) is 18.6 Å². The maximum absolute atomic E-state index is 4.70. The molecule has 3 nitrogen and oxygen atoms in total. The van der Waals surface area contributed by atoms with Crippen molar-refractivity contribution in [3.63, 3.8) is 0 Å². The van der Waals surface area contributed by atoms with Crippen molar-refractivity contribution in [2.24, 2.45) is 0 Å². The molecule has 0 radical (unpaired) electrons. The molecule has 0 aromatic carbocycles. The lowest BCUT2D eigenvalue weighted by Crippen LogP contribution is -2.30. The van der Waals surface area contributed by atoms with Gasteiger partial charge in [-0.2, -0.15) is 0 Å². The van der Waals surface area contributed by atoms with Crippen LogP contribution in [0.2, 0.25) is 0 Å². The Bertz CT molecular complexity index is 577. The smallest absolute Gasteiger partial charge is 0.129 e. The standard InChI is InChI=1S/C15H19N3S/c1-11-7-12(9-16-2)8-15(17-11)18-5-3-14-13(10-18)4-6-19-14/h4,6-8,16H,3,5,9-10H2,1-2H3. The van der Waals surface area contributed by atoms with Crippen LogP contribution in [0.4, 0.5) is 5.82 Å². The van der Waals surface area contributed by atoms with Crippen molar-refractivity contribution >= 4 is 17.2 Å². The predicted molar refractivity (Wildman–Crippen MR) is 80.8 cm³/mol. The molecule has 4 heteroatoms. The van der Waals surface area contributed by atoms with E-state index in [1.54, 1.807) is 4.88 Å². The zero-order valence-corrected chi connectivity index (χ0v) is 12.3.